The standard InChI is InChI=1S/C19H18FN3O2S/c20-16-5-3-6-17(14-16)26(24,25)23-12-10-22(11-13-23)19-9-8-15-4-1-2-7-18(15)21-19/h1-9,14H,10-13H2/p+1. The first kappa shape index (κ1) is 16.9. The van der Waals surface area contributed by atoms with Crippen LogP contribution in [0.15, 0.2) is 65.6 Å². The average molecular weight is 372 g/mol. The van der Waals surface area contributed by atoms with Crippen LogP contribution in [0, 0.1) is 5.82 Å². The van der Waals surface area contributed by atoms with Gasteiger partial charge in [-0.15, -0.1) is 0 Å². The third-order valence-electron chi connectivity index (χ3n) is 4.66. The van der Waals surface area contributed by atoms with Crippen molar-refractivity contribution in [3.8, 4) is 0 Å². The first-order chi connectivity index (χ1) is 12.5. The van der Waals surface area contributed by atoms with Crippen LogP contribution in [0.1, 0.15) is 0 Å². The van der Waals surface area contributed by atoms with Gasteiger partial charge >= 0.3 is 0 Å². The Hall–Kier alpha value is -2.51. The second-order valence-electron chi connectivity index (χ2n) is 6.28. The summed E-state index contributed by atoms with van der Waals surface area (Å²) in [4.78, 5) is 5.53. The zero-order valence-electron chi connectivity index (χ0n) is 14.1. The molecule has 4 rings (SSSR count). The molecule has 7 heteroatoms. The van der Waals surface area contributed by atoms with Crippen LogP contribution in [0.3, 0.4) is 0 Å². The molecule has 2 aromatic carbocycles. The minimum absolute atomic E-state index is 0.00298. The molecule has 0 spiro atoms. The fourth-order valence-corrected chi connectivity index (χ4v) is 4.69. The minimum atomic E-state index is -3.67. The maximum Gasteiger partial charge on any atom is 0.274 e. The molecule has 0 bridgehead atoms. The van der Waals surface area contributed by atoms with E-state index < -0.39 is 15.8 Å². The summed E-state index contributed by atoms with van der Waals surface area (Å²) in [5.41, 5.74) is 1.04. The highest BCUT2D eigenvalue weighted by Crippen LogP contribution is 2.20. The zero-order chi connectivity index (χ0) is 18.1. The molecule has 0 unspecified atom stereocenters. The molecule has 0 aliphatic carbocycles. The summed E-state index contributed by atoms with van der Waals surface area (Å²) in [6, 6.07) is 17.3. The lowest BCUT2D eigenvalue weighted by atomic mass is 10.2. The van der Waals surface area contributed by atoms with Gasteiger partial charge in [-0.3, -0.25) is 4.90 Å². The predicted molar refractivity (Wildman–Crippen MR) is 97.9 cm³/mol. The van der Waals surface area contributed by atoms with Crippen LogP contribution in [0.2, 0.25) is 0 Å². The van der Waals surface area contributed by atoms with Crippen LogP contribution >= 0.6 is 0 Å². The Morgan fingerprint density at radius 2 is 1.65 bits per heavy atom. The molecule has 1 fully saturated rings. The van der Waals surface area contributed by atoms with Crippen molar-refractivity contribution in [3.05, 3.63) is 66.5 Å². The van der Waals surface area contributed by atoms with E-state index in [1.54, 1.807) is 0 Å². The maximum atomic E-state index is 13.4. The van der Waals surface area contributed by atoms with E-state index in [2.05, 4.69) is 16.0 Å². The third-order valence-corrected chi connectivity index (χ3v) is 6.55. The summed E-state index contributed by atoms with van der Waals surface area (Å²) >= 11 is 0. The highest BCUT2D eigenvalue weighted by Gasteiger charge is 2.32. The molecule has 5 nitrogen and oxygen atoms in total. The Kier molecular flexibility index (Phi) is 4.34. The van der Waals surface area contributed by atoms with Crippen LogP contribution in [-0.2, 0) is 10.0 Å². The van der Waals surface area contributed by atoms with E-state index in [9.17, 15) is 12.8 Å². The largest absolute Gasteiger partial charge is 0.274 e. The Morgan fingerprint density at radius 3 is 2.42 bits per heavy atom. The summed E-state index contributed by atoms with van der Waals surface area (Å²) in [7, 11) is -3.67. The minimum Gasteiger partial charge on any atom is -0.259 e. The molecular weight excluding hydrogens is 353 g/mol. The number of sulfonamides is 1. The van der Waals surface area contributed by atoms with Crippen molar-refractivity contribution in [2.75, 3.05) is 31.1 Å². The number of pyridine rings is 1. The second-order valence-corrected chi connectivity index (χ2v) is 8.22. The Bertz CT molecular complexity index is 1050. The Morgan fingerprint density at radius 1 is 0.885 bits per heavy atom. The lowest BCUT2D eigenvalue weighted by Gasteiger charge is -2.30. The molecule has 0 amide bonds. The van der Waals surface area contributed by atoms with E-state index >= 15 is 0 Å². The molecule has 1 aliphatic rings. The number of rotatable bonds is 3. The lowest BCUT2D eigenvalue weighted by molar-refractivity contribution is -0.330. The molecule has 2 heterocycles. The van der Waals surface area contributed by atoms with Crippen LogP contribution in [-0.4, -0.2) is 38.9 Å². The zero-order valence-corrected chi connectivity index (χ0v) is 14.9. The average Bonchev–Trinajstić information content (AvgIpc) is 2.68. The highest BCUT2D eigenvalue weighted by molar-refractivity contribution is 7.89. The number of para-hydroxylation sites is 1. The molecule has 1 saturated heterocycles. The number of aromatic amines is 1. The molecule has 0 saturated carbocycles. The first-order valence-electron chi connectivity index (χ1n) is 8.46. The molecule has 26 heavy (non-hydrogen) atoms. The van der Waals surface area contributed by atoms with E-state index in [4.69, 9.17) is 0 Å². The van der Waals surface area contributed by atoms with Gasteiger partial charge in [0.2, 0.25) is 10.0 Å². The maximum absolute atomic E-state index is 13.4. The van der Waals surface area contributed by atoms with Crippen molar-refractivity contribution >= 4 is 26.7 Å². The van der Waals surface area contributed by atoms with E-state index in [0.717, 1.165) is 22.8 Å². The van der Waals surface area contributed by atoms with Gasteiger partial charge in [0, 0.05) is 11.5 Å². The summed E-state index contributed by atoms with van der Waals surface area (Å²) in [5, 5.41) is 1.13. The molecule has 1 aromatic heterocycles. The number of nitrogens with zero attached hydrogens (tertiary/aromatic N) is 2. The van der Waals surface area contributed by atoms with Crippen LogP contribution < -0.4 is 9.88 Å². The van der Waals surface area contributed by atoms with Gasteiger partial charge < -0.3 is 0 Å². The van der Waals surface area contributed by atoms with Crippen molar-refractivity contribution in [2.24, 2.45) is 0 Å². The Labute approximate surface area is 151 Å². The number of benzene rings is 2. The normalized spacial score (nSPS) is 16.1. The fraction of sp³-hybridized carbons (Fsp3) is 0.211. The van der Waals surface area contributed by atoms with Crippen LogP contribution in [0.4, 0.5) is 10.2 Å². The molecule has 3 aromatic rings. The monoisotopic (exact) mass is 372 g/mol. The van der Waals surface area contributed by atoms with Gasteiger partial charge in [-0.25, -0.2) is 17.8 Å². The van der Waals surface area contributed by atoms with Crippen LogP contribution in [0.5, 0.6) is 0 Å². The van der Waals surface area contributed by atoms with Gasteiger partial charge in [0.05, 0.1) is 31.1 Å². The molecular formula is C19H19FN3O2S+. The summed E-state index contributed by atoms with van der Waals surface area (Å²) in [6.45, 7) is 1.87. The van der Waals surface area contributed by atoms with E-state index in [0.29, 0.717) is 26.2 Å². The third kappa shape index (κ3) is 3.15. The number of halogens is 1. The number of H-pyrrole nitrogens is 1. The molecule has 0 radical (unpaired) electrons. The van der Waals surface area contributed by atoms with Crippen molar-refractivity contribution in [2.45, 2.75) is 4.90 Å². The fourth-order valence-electron chi connectivity index (χ4n) is 3.23. The quantitative estimate of drug-likeness (QED) is 0.709. The van der Waals surface area contributed by atoms with E-state index in [1.165, 1.54) is 22.5 Å². The molecule has 0 atom stereocenters. The number of hydrogen-bond acceptors (Lipinski definition) is 3. The summed E-state index contributed by atoms with van der Waals surface area (Å²) < 4.78 is 40.2. The number of aromatic nitrogens is 1. The van der Waals surface area contributed by atoms with Gasteiger partial charge in [-0.1, -0.05) is 24.3 Å². The topological polar surface area (TPSA) is 54.8 Å². The van der Waals surface area contributed by atoms with Crippen molar-refractivity contribution < 1.29 is 17.8 Å². The highest BCUT2D eigenvalue weighted by atomic mass is 32.2. The lowest BCUT2D eigenvalue weighted by Crippen LogP contribution is -2.49. The Balaban J connectivity index is 1.51. The summed E-state index contributed by atoms with van der Waals surface area (Å²) in [6.07, 6.45) is 0. The van der Waals surface area contributed by atoms with Crippen LogP contribution in [0.25, 0.3) is 10.9 Å². The van der Waals surface area contributed by atoms with Gasteiger partial charge in [-0.2, -0.15) is 4.31 Å². The predicted octanol–water partition coefficient (Wildman–Crippen LogP) is 2.30. The van der Waals surface area contributed by atoms with Gasteiger partial charge in [-0.05, 0) is 30.3 Å². The molecule has 1 aliphatic heterocycles. The van der Waals surface area contributed by atoms with E-state index in [-0.39, 0.29) is 4.90 Å². The van der Waals surface area contributed by atoms with Gasteiger partial charge in [0.1, 0.15) is 11.3 Å². The summed E-state index contributed by atoms with van der Waals surface area (Å²) in [5.74, 6) is 0.418. The van der Waals surface area contributed by atoms with Gasteiger partial charge in [0.25, 0.3) is 5.82 Å². The number of fused-ring (bicyclic) bond motifs is 1. The van der Waals surface area contributed by atoms with Crippen molar-refractivity contribution in [1.29, 1.82) is 0 Å². The number of hydrogen-bond donors (Lipinski definition) is 0. The SMILES string of the molecule is O=S(=O)(c1cccc(F)c1)N1CCN(c2ccc3ccccc3[nH+]2)CC1. The smallest absolute Gasteiger partial charge is 0.259 e. The first-order valence-corrected chi connectivity index (χ1v) is 9.90. The van der Waals surface area contributed by atoms with Crippen molar-refractivity contribution in [3.63, 3.8) is 0 Å². The second kappa shape index (κ2) is 6.66. The van der Waals surface area contributed by atoms with E-state index in [1.807, 2.05) is 30.3 Å². The van der Waals surface area contributed by atoms with Crippen molar-refractivity contribution in [1.82, 2.24) is 4.31 Å². The van der Waals surface area contributed by atoms with Gasteiger partial charge in [0.15, 0.2) is 0 Å². The molecule has 1 N–H and O–H groups in total. The molecule has 134 valence electrons. The number of anilines is 1. The number of piperazine rings is 1. The number of nitrogens with one attached hydrogen (secondary N) is 1.